The minimum Gasteiger partial charge on any atom is -0.410 e. The first-order chi connectivity index (χ1) is 11.7. The van der Waals surface area contributed by atoms with Gasteiger partial charge in [0.2, 0.25) is 0 Å². The molecule has 3 rings (SSSR count). The maximum atomic E-state index is 13.2. The summed E-state index contributed by atoms with van der Waals surface area (Å²) in [6, 6.07) is 1.91. The van der Waals surface area contributed by atoms with Crippen LogP contribution in [0.5, 0.6) is 0 Å². The van der Waals surface area contributed by atoms with E-state index in [4.69, 9.17) is 0 Å². The molecule has 1 amide bonds. The summed E-state index contributed by atoms with van der Waals surface area (Å²) >= 11 is 0. The highest BCUT2D eigenvalue weighted by Gasteiger charge is 2.56. The third-order valence-corrected chi connectivity index (χ3v) is 6.35. The molecule has 2 aliphatic carbocycles. The molecule has 3 fully saturated rings. The minimum atomic E-state index is -0.910. The van der Waals surface area contributed by atoms with Gasteiger partial charge in [0.15, 0.2) is 5.71 Å². The van der Waals surface area contributed by atoms with E-state index in [9.17, 15) is 20.4 Å². The Balaban J connectivity index is 1.86. The first-order valence-electron chi connectivity index (χ1n) is 9.38. The summed E-state index contributed by atoms with van der Waals surface area (Å²) in [5.41, 5.74) is -1.50. The second-order valence-electron chi connectivity index (χ2n) is 9.04. The van der Waals surface area contributed by atoms with Gasteiger partial charge in [0.05, 0.1) is 11.7 Å². The van der Waals surface area contributed by atoms with Crippen LogP contribution >= 0.6 is 0 Å². The van der Waals surface area contributed by atoms with Crippen molar-refractivity contribution in [2.24, 2.45) is 22.4 Å². The quantitative estimate of drug-likeness (QED) is 0.456. The predicted molar refractivity (Wildman–Crippen MR) is 93.0 cm³/mol. The molecule has 1 aliphatic heterocycles. The molecule has 0 aromatic heterocycles. The van der Waals surface area contributed by atoms with Gasteiger partial charge >= 0.3 is 0 Å². The minimum absolute atomic E-state index is 0.107. The standard InChI is InChI=1S/C19H29N3O3/c1-12-5-4-6-18(2,11-19(3,24)9-12)16(21-25)17(23)22-14(10-20)7-13-8-15(13)22/h12-15,24-25H,4-9,11H2,1-3H3/b21-16-/t12?,13?,14?,15?,18?,19-/m0/s1. The first-order valence-corrected chi connectivity index (χ1v) is 9.38. The number of nitrogens with zero attached hydrogens (tertiary/aromatic N) is 3. The van der Waals surface area contributed by atoms with Crippen molar-refractivity contribution in [3.63, 3.8) is 0 Å². The smallest absolute Gasteiger partial charge is 0.273 e. The van der Waals surface area contributed by atoms with Crippen molar-refractivity contribution < 1.29 is 15.1 Å². The summed E-state index contributed by atoms with van der Waals surface area (Å²) in [4.78, 5) is 14.8. The van der Waals surface area contributed by atoms with E-state index in [0.717, 1.165) is 25.7 Å². The molecule has 2 N–H and O–H groups in total. The van der Waals surface area contributed by atoms with Gasteiger partial charge in [0.25, 0.3) is 5.91 Å². The Morgan fingerprint density at radius 3 is 2.72 bits per heavy atom. The van der Waals surface area contributed by atoms with Gasteiger partial charge in [-0.2, -0.15) is 5.26 Å². The fourth-order valence-electron chi connectivity index (χ4n) is 5.30. The van der Waals surface area contributed by atoms with Crippen LogP contribution in [-0.4, -0.2) is 44.5 Å². The first kappa shape index (κ1) is 18.2. The van der Waals surface area contributed by atoms with Crippen molar-refractivity contribution in [1.29, 1.82) is 5.26 Å². The largest absolute Gasteiger partial charge is 0.410 e. The number of carbonyl (C=O) groups excluding carboxylic acids is 1. The van der Waals surface area contributed by atoms with E-state index in [0.29, 0.717) is 31.1 Å². The molecule has 6 nitrogen and oxygen atoms in total. The Bertz CT molecular complexity index is 624. The Morgan fingerprint density at radius 2 is 2.08 bits per heavy atom. The molecular weight excluding hydrogens is 318 g/mol. The summed E-state index contributed by atoms with van der Waals surface area (Å²) in [5, 5.41) is 33.3. The number of piperidine rings is 1. The van der Waals surface area contributed by atoms with Crippen molar-refractivity contribution >= 4 is 11.6 Å². The van der Waals surface area contributed by atoms with Crippen molar-refractivity contribution in [3.8, 4) is 6.07 Å². The fourth-order valence-corrected chi connectivity index (χ4v) is 5.30. The molecule has 0 spiro atoms. The van der Waals surface area contributed by atoms with Gasteiger partial charge in [-0.1, -0.05) is 31.8 Å². The Hall–Kier alpha value is -1.61. The van der Waals surface area contributed by atoms with Crippen molar-refractivity contribution in [2.75, 3.05) is 0 Å². The third kappa shape index (κ3) is 3.39. The predicted octanol–water partition coefficient (Wildman–Crippen LogP) is 2.69. The van der Waals surface area contributed by atoms with E-state index in [2.05, 4.69) is 18.1 Å². The van der Waals surface area contributed by atoms with E-state index in [1.54, 1.807) is 11.8 Å². The normalized spacial score (nSPS) is 44.4. The molecule has 6 atom stereocenters. The van der Waals surface area contributed by atoms with Crippen LogP contribution in [0.1, 0.15) is 65.7 Å². The third-order valence-electron chi connectivity index (χ3n) is 6.35. The van der Waals surface area contributed by atoms with Gasteiger partial charge in [-0.15, -0.1) is 0 Å². The molecular formula is C19H29N3O3. The lowest BCUT2D eigenvalue weighted by Crippen LogP contribution is -2.50. The zero-order valence-electron chi connectivity index (χ0n) is 15.4. The van der Waals surface area contributed by atoms with E-state index >= 15 is 0 Å². The number of oxime groups is 1. The Morgan fingerprint density at radius 1 is 1.36 bits per heavy atom. The van der Waals surface area contributed by atoms with Gasteiger partial charge in [-0.3, -0.25) is 4.79 Å². The van der Waals surface area contributed by atoms with Crippen LogP contribution in [0.3, 0.4) is 0 Å². The molecule has 1 heterocycles. The second-order valence-corrected chi connectivity index (χ2v) is 9.04. The van der Waals surface area contributed by atoms with E-state index in [-0.39, 0.29) is 17.7 Å². The zero-order valence-corrected chi connectivity index (χ0v) is 15.4. The van der Waals surface area contributed by atoms with E-state index < -0.39 is 17.1 Å². The summed E-state index contributed by atoms with van der Waals surface area (Å²) in [6.07, 6.45) is 5.31. The molecule has 2 saturated carbocycles. The molecule has 0 aromatic carbocycles. The Kier molecular flexibility index (Phi) is 4.57. The van der Waals surface area contributed by atoms with Crippen LogP contribution in [-0.2, 0) is 4.79 Å². The molecule has 0 aromatic rings. The lowest BCUT2D eigenvalue weighted by molar-refractivity contribution is -0.126. The number of likely N-dealkylation sites (tertiary alicyclic amines) is 1. The van der Waals surface area contributed by atoms with Crippen molar-refractivity contribution in [2.45, 2.75) is 83.4 Å². The topological polar surface area (TPSA) is 96.9 Å². The highest BCUT2D eigenvalue weighted by atomic mass is 16.4. The SMILES string of the molecule is CC1CCCC(C)(/C(=N\O)C(=O)N2C(C#N)CC3CC32)C[C@@](C)(O)C1. The van der Waals surface area contributed by atoms with Crippen LogP contribution in [0.25, 0.3) is 0 Å². The number of aliphatic hydroxyl groups is 1. The van der Waals surface area contributed by atoms with Gasteiger partial charge in [0.1, 0.15) is 6.04 Å². The number of carbonyl (C=O) groups is 1. The number of hydrogen-bond donors (Lipinski definition) is 2. The molecule has 138 valence electrons. The summed E-state index contributed by atoms with van der Waals surface area (Å²) < 4.78 is 0. The lowest BCUT2D eigenvalue weighted by atomic mass is 9.67. The van der Waals surface area contributed by atoms with Gasteiger partial charge in [0, 0.05) is 11.5 Å². The van der Waals surface area contributed by atoms with Crippen LogP contribution in [0, 0.1) is 28.6 Å². The maximum Gasteiger partial charge on any atom is 0.273 e. The Labute approximate surface area is 149 Å². The van der Waals surface area contributed by atoms with Crippen molar-refractivity contribution in [1.82, 2.24) is 4.90 Å². The van der Waals surface area contributed by atoms with Gasteiger partial charge < -0.3 is 15.2 Å². The molecule has 1 saturated heterocycles. The highest BCUT2D eigenvalue weighted by Crippen LogP contribution is 2.49. The second kappa shape index (κ2) is 6.28. The van der Waals surface area contributed by atoms with Crippen LogP contribution in [0.15, 0.2) is 5.16 Å². The number of fused-ring (bicyclic) bond motifs is 1. The molecule has 0 bridgehead atoms. The lowest BCUT2D eigenvalue weighted by Gasteiger charge is -2.41. The average molecular weight is 347 g/mol. The summed E-state index contributed by atoms with van der Waals surface area (Å²) in [7, 11) is 0. The summed E-state index contributed by atoms with van der Waals surface area (Å²) in [5.74, 6) is 0.521. The number of amides is 1. The number of hydrogen-bond acceptors (Lipinski definition) is 5. The van der Waals surface area contributed by atoms with E-state index in [1.807, 2.05) is 6.92 Å². The summed E-state index contributed by atoms with van der Waals surface area (Å²) in [6.45, 7) is 5.85. The maximum absolute atomic E-state index is 13.2. The van der Waals surface area contributed by atoms with Crippen molar-refractivity contribution in [3.05, 3.63) is 0 Å². The molecule has 3 aliphatic rings. The van der Waals surface area contributed by atoms with E-state index in [1.165, 1.54) is 0 Å². The molecule has 5 unspecified atom stereocenters. The zero-order chi connectivity index (χ0) is 18.4. The molecule has 0 radical (unpaired) electrons. The van der Waals surface area contributed by atoms with Crippen LogP contribution < -0.4 is 0 Å². The van der Waals surface area contributed by atoms with Crippen LogP contribution in [0.4, 0.5) is 0 Å². The molecule has 6 heteroatoms. The molecule has 25 heavy (non-hydrogen) atoms. The fraction of sp³-hybridized carbons (Fsp3) is 0.842. The van der Waals surface area contributed by atoms with Gasteiger partial charge in [-0.25, -0.2) is 0 Å². The average Bonchev–Trinajstić information content (AvgIpc) is 3.15. The number of rotatable bonds is 2. The monoisotopic (exact) mass is 347 g/mol. The number of nitriles is 1. The van der Waals surface area contributed by atoms with Gasteiger partial charge in [-0.05, 0) is 50.9 Å². The van der Waals surface area contributed by atoms with Crippen LogP contribution in [0.2, 0.25) is 0 Å². The highest BCUT2D eigenvalue weighted by molar-refractivity contribution is 6.40.